The van der Waals surface area contributed by atoms with Crippen LogP contribution in [0.4, 0.5) is 5.69 Å². The smallest absolute Gasteiger partial charge is 0.269 e. The van der Waals surface area contributed by atoms with Crippen molar-refractivity contribution in [3.8, 4) is 0 Å². The predicted molar refractivity (Wildman–Crippen MR) is 110 cm³/mol. The topological polar surface area (TPSA) is 63.5 Å². The van der Waals surface area contributed by atoms with Crippen molar-refractivity contribution >= 4 is 23.2 Å². The van der Waals surface area contributed by atoms with Crippen LogP contribution in [0.5, 0.6) is 0 Å². The molecule has 140 valence electrons. The average molecular weight is 372 g/mol. The normalized spacial score (nSPS) is 11.1. The Hall–Kier alpha value is -3.73. The molecule has 3 rings (SSSR count). The molecule has 0 unspecified atom stereocenters. The maximum Gasteiger partial charge on any atom is 0.269 e. The molecule has 0 N–H and O–H groups in total. The van der Waals surface area contributed by atoms with E-state index in [4.69, 9.17) is 0 Å². The monoisotopic (exact) mass is 372 g/mol. The van der Waals surface area contributed by atoms with Gasteiger partial charge < -0.3 is 4.90 Å². The lowest BCUT2D eigenvalue weighted by molar-refractivity contribution is -0.384. The molecule has 0 fully saturated rings. The van der Waals surface area contributed by atoms with E-state index in [1.807, 2.05) is 60.7 Å². The molecule has 0 saturated carbocycles. The Morgan fingerprint density at radius 2 is 1.50 bits per heavy atom. The summed E-state index contributed by atoms with van der Waals surface area (Å²) in [6.07, 6.45) is 1.77. The van der Waals surface area contributed by atoms with Crippen LogP contribution in [0.15, 0.2) is 84.9 Å². The number of nitro groups is 1. The molecule has 0 saturated heterocycles. The van der Waals surface area contributed by atoms with E-state index < -0.39 is 4.92 Å². The molecule has 0 heterocycles. The molecule has 3 aromatic carbocycles. The molecule has 3 aromatic rings. The van der Waals surface area contributed by atoms with Gasteiger partial charge in [-0.15, -0.1) is 0 Å². The maximum absolute atomic E-state index is 13.2. The van der Waals surface area contributed by atoms with E-state index in [1.165, 1.54) is 12.1 Å². The Morgan fingerprint density at radius 1 is 0.929 bits per heavy atom. The van der Waals surface area contributed by atoms with Crippen LogP contribution in [0.3, 0.4) is 0 Å². The molecule has 0 bridgehead atoms. The van der Waals surface area contributed by atoms with Crippen LogP contribution in [0.2, 0.25) is 0 Å². The first-order valence-corrected chi connectivity index (χ1v) is 8.85. The minimum Gasteiger partial charge on any atom is -0.337 e. The van der Waals surface area contributed by atoms with Gasteiger partial charge in [0.05, 0.1) is 4.92 Å². The van der Waals surface area contributed by atoms with Gasteiger partial charge in [0.25, 0.3) is 11.6 Å². The van der Waals surface area contributed by atoms with E-state index in [9.17, 15) is 14.9 Å². The van der Waals surface area contributed by atoms with Crippen LogP contribution in [0.25, 0.3) is 11.6 Å². The molecular formula is C23H20N2O3. The van der Waals surface area contributed by atoms with Crippen molar-refractivity contribution in [1.29, 1.82) is 0 Å². The SMILES string of the molecule is CN(Cc1ccccc1)C(=O)/C(=C/c1ccc([N+](=O)[O-])cc1)c1ccccc1. The van der Waals surface area contributed by atoms with Gasteiger partial charge in [0, 0.05) is 31.3 Å². The fraction of sp³-hybridized carbons (Fsp3) is 0.0870. The Kier molecular flexibility index (Phi) is 5.97. The van der Waals surface area contributed by atoms with Gasteiger partial charge in [-0.2, -0.15) is 0 Å². The lowest BCUT2D eigenvalue weighted by Gasteiger charge is -2.19. The standard InChI is InChI=1S/C23H20N2O3/c1-24(17-19-8-4-2-5-9-19)23(26)22(20-10-6-3-7-11-20)16-18-12-14-21(15-13-18)25(27)28/h2-16H,17H2,1H3/b22-16+. The van der Waals surface area contributed by atoms with Crippen molar-refractivity contribution in [3.63, 3.8) is 0 Å². The number of benzene rings is 3. The highest BCUT2D eigenvalue weighted by atomic mass is 16.6. The Labute approximate surface area is 163 Å². The molecule has 0 spiro atoms. The van der Waals surface area contributed by atoms with Gasteiger partial charge in [-0.25, -0.2) is 0 Å². The second-order valence-electron chi connectivity index (χ2n) is 6.42. The van der Waals surface area contributed by atoms with Gasteiger partial charge in [0.2, 0.25) is 0 Å². The number of nitrogens with zero attached hydrogens (tertiary/aromatic N) is 2. The van der Waals surface area contributed by atoms with Crippen LogP contribution in [0, 0.1) is 10.1 Å². The van der Waals surface area contributed by atoms with Crippen molar-refractivity contribution in [2.45, 2.75) is 6.54 Å². The van der Waals surface area contributed by atoms with Crippen molar-refractivity contribution < 1.29 is 9.72 Å². The van der Waals surface area contributed by atoms with E-state index >= 15 is 0 Å². The van der Waals surface area contributed by atoms with Crippen molar-refractivity contribution in [3.05, 3.63) is 112 Å². The average Bonchev–Trinajstić information content (AvgIpc) is 2.73. The lowest BCUT2D eigenvalue weighted by Crippen LogP contribution is -2.27. The predicted octanol–water partition coefficient (Wildman–Crippen LogP) is 4.79. The van der Waals surface area contributed by atoms with E-state index in [1.54, 1.807) is 30.2 Å². The number of carbonyl (C=O) groups is 1. The largest absolute Gasteiger partial charge is 0.337 e. The molecule has 0 aliphatic rings. The Balaban J connectivity index is 1.92. The highest BCUT2D eigenvalue weighted by Crippen LogP contribution is 2.22. The molecular weight excluding hydrogens is 352 g/mol. The molecule has 28 heavy (non-hydrogen) atoms. The molecule has 0 aromatic heterocycles. The molecule has 0 atom stereocenters. The van der Waals surface area contributed by atoms with Crippen molar-refractivity contribution in [2.24, 2.45) is 0 Å². The summed E-state index contributed by atoms with van der Waals surface area (Å²) < 4.78 is 0. The second-order valence-corrected chi connectivity index (χ2v) is 6.42. The van der Waals surface area contributed by atoms with Gasteiger partial charge >= 0.3 is 0 Å². The number of carbonyl (C=O) groups excluding carboxylic acids is 1. The molecule has 0 radical (unpaired) electrons. The third-order valence-electron chi connectivity index (χ3n) is 4.34. The maximum atomic E-state index is 13.2. The number of hydrogen-bond donors (Lipinski definition) is 0. The number of likely N-dealkylation sites (N-methyl/N-ethyl adjacent to an activating group) is 1. The van der Waals surface area contributed by atoms with E-state index in [0.717, 1.165) is 16.7 Å². The molecule has 1 amide bonds. The third-order valence-corrected chi connectivity index (χ3v) is 4.34. The zero-order chi connectivity index (χ0) is 19.9. The number of amides is 1. The second kappa shape index (κ2) is 8.77. The van der Waals surface area contributed by atoms with Gasteiger partial charge in [0.1, 0.15) is 0 Å². The number of rotatable bonds is 6. The highest BCUT2D eigenvalue weighted by Gasteiger charge is 2.17. The summed E-state index contributed by atoms with van der Waals surface area (Å²) >= 11 is 0. The van der Waals surface area contributed by atoms with Gasteiger partial charge in [0.15, 0.2) is 0 Å². The van der Waals surface area contributed by atoms with E-state index in [-0.39, 0.29) is 11.6 Å². The van der Waals surface area contributed by atoms with Gasteiger partial charge in [-0.3, -0.25) is 14.9 Å². The molecule has 5 nitrogen and oxygen atoms in total. The number of hydrogen-bond acceptors (Lipinski definition) is 3. The molecule has 5 heteroatoms. The first kappa shape index (κ1) is 19.0. The summed E-state index contributed by atoms with van der Waals surface area (Å²) in [6.45, 7) is 0.490. The fourth-order valence-electron chi connectivity index (χ4n) is 2.88. The number of non-ortho nitro benzene ring substituents is 1. The zero-order valence-electron chi connectivity index (χ0n) is 15.5. The van der Waals surface area contributed by atoms with Crippen LogP contribution >= 0.6 is 0 Å². The summed E-state index contributed by atoms with van der Waals surface area (Å²) in [6, 6.07) is 25.4. The summed E-state index contributed by atoms with van der Waals surface area (Å²) in [5, 5.41) is 10.9. The van der Waals surface area contributed by atoms with Crippen LogP contribution < -0.4 is 0 Å². The summed E-state index contributed by atoms with van der Waals surface area (Å²) in [4.78, 5) is 25.3. The van der Waals surface area contributed by atoms with E-state index in [2.05, 4.69) is 0 Å². The zero-order valence-corrected chi connectivity index (χ0v) is 15.5. The summed E-state index contributed by atoms with van der Waals surface area (Å²) in [7, 11) is 1.77. The first-order valence-electron chi connectivity index (χ1n) is 8.85. The van der Waals surface area contributed by atoms with Crippen molar-refractivity contribution in [1.82, 2.24) is 4.90 Å². The summed E-state index contributed by atoms with van der Waals surface area (Å²) in [5.74, 6) is -0.117. The lowest BCUT2D eigenvalue weighted by atomic mass is 10.0. The van der Waals surface area contributed by atoms with Crippen LogP contribution in [0.1, 0.15) is 16.7 Å². The highest BCUT2D eigenvalue weighted by molar-refractivity contribution is 6.24. The minimum atomic E-state index is -0.440. The minimum absolute atomic E-state index is 0.0194. The third kappa shape index (κ3) is 4.71. The summed E-state index contributed by atoms with van der Waals surface area (Å²) in [5.41, 5.74) is 3.12. The number of nitro benzene ring substituents is 1. The Bertz CT molecular complexity index is 981. The quantitative estimate of drug-likeness (QED) is 0.270. The Morgan fingerprint density at radius 3 is 2.07 bits per heavy atom. The van der Waals surface area contributed by atoms with Crippen molar-refractivity contribution in [2.75, 3.05) is 7.05 Å². The molecule has 0 aliphatic heterocycles. The van der Waals surface area contributed by atoms with Crippen LogP contribution in [-0.4, -0.2) is 22.8 Å². The van der Waals surface area contributed by atoms with E-state index in [0.29, 0.717) is 12.1 Å². The van der Waals surface area contributed by atoms with Crippen LogP contribution in [-0.2, 0) is 11.3 Å². The van der Waals surface area contributed by atoms with Gasteiger partial charge in [-0.05, 0) is 34.9 Å². The van der Waals surface area contributed by atoms with Gasteiger partial charge in [-0.1, -0.05) is 60.7 Å². The fourth-order valence-corrected chi connectivity index (χ4v) is 2.88. The first-order chi connectivity index (χ1) is 13.5. The molecule has 0 aliphatic carbocycles.